The van der Waals surface area contributed by atoms with E-state index in [1.165, 1.54) is 23.9 Å². The van der Waals surface area contributed by atoms with Crippen molar-refractivity contribution in [1.82, 2.24) is 0 Å². The van der Waals surface area contributed by atoms with Crippen LogP contribution in [0.1, 0.15) is 6.42 Å². The zero-order valence-electron chi connectivity index (χ0n) is 10.8. The third-order valence-electron chi connectivity index (χ3n) is 2.58. The summed E-state index contributed by atoms with van der Waals surface area (Å²) in [5, 5.41) is 2.79. The molecule has 2 aromatic rings. The molecule has 0 bridgehead atoms. The fraction of sp³-hybridized carbons (Fsp3) is 0.133. The lowest BCUT2D eigenvalue weighted by atomic mass is 10.3. The summed E-state index contributed by atoms with van der Waals surface area (Å²) in [6.45, 7) is 0. The van der Waals surface area contributed by atoms with Crippen molar-refractivity contribution in [2.75, 3.05) is 16.8 Å². The van der Waals surface area contributed by atoms with Crippen LogP contribution >= 0.6 is 11.8 Å². The van der Waals surface area contributed by atoms with E-state index >= 15 is 0 Å². The van der Waals surface area contributed by atoms with Gasteiger partial charge in [-0.25, -0.2) is 4.39 Å². The van der Waals surface area contributed by atoms with E-state index in [4.69, 9.17) is 5.73 Å². The Morgan fingerprint density at radius 3 is 2.65 bits per heavy atom. The number of nitrogen functional groups attached to an aromatic ring is 1. The zero-order chi connectivity index (χ0) is 14.4. The molecule has 0 atom stereocenters. The highest BCUT2D eigenvalue weighted by molar-refractivity contribution is 7.99. The average molecular weight is 290 g/mol. The molecule has 20 heavy (non-hydrogen) atoms. The van der Waals surface area contributed by atoms with Crippen molar-refractivity contribution in [3.8, 4) is 0 Å². The lowest BCUT2D eigenvalue weighted by Gasteiger charge is -2.06. The Bertz CT molecular complexity index is 587. The standard InChI is InChI=1S/C15H15FN2OS/c16-11-4-6-14(7-5-11)20-9-8-15(19)18-13-3-1-2-12(17)10-13/h1-7,10H,8-9,17H2,(H,18,19). The summed E-state index contributed by atoms with van der Waals surface area (Å²) in [6.07, 6.45) is 0.386. The summed E-state index contributed by atoms with van der Waals surface area (Å²) in [6, 6.07) is 13.3. The highest BCUT2D eigenvalue weighted by Gasteiger charge is 2.03. The van der Waals surface area contributed by atoms with Crippen molar-refractivity contribution in [3.63, 3.8) is 0 Å². The molecule has 2 rings (SSSR count). The van der Waals surface area contributed by atoms with Crippen molar-refractivity contribution in [2.45, 2.75) is 11.3 Å². The van der Waals surface area contributed by atoms with E-state index in [9.17, 15) is 9.18 Å². The lowest BCUT2D eigenvalue weighted by molar-refractivity contribution is -0.115. The van der Waals surface area contributed by atoms with Crippen molar-refractivity contribution >= 4 is 29.0 Å². The molecule has 3 N–H and O–H groups in total. The molecule has 0 spiro atoms. The minimum absolute atomic E-state index is 0.0646. The number of rotatable bonds is 5. The third kappa shape index (κ3) is 4.59. The molecule has 0 aliphatic carbocycles. The van der Waals surface area contributed by atoms with E-state index in [0.717, 1.165) is 4.90 Å². The molecule has 3 nitrogen and oxygen atoms in total. The number of nitrogens with one attached hydrogen (secondary N) is 1. The van der Waals surface area contributed by atoms with Crippen LogP contribution in [0.3, 0.4) is 0 Å². The van der Waals surface area contributed by atoms with E-state index in [2.05, 4.69) is 5.32 Å². The number of benzene rings is 2. The highest BCUT2D eigenvalue weighted by atomic mass is 32.2. The van der Waals surface area contributed by atoms with Gasteiger partial charge in [0.25, 0.3) is 0 Å². The van der Waals surface area contributed by atoms with Crippen LogP contribution in [0, 0.1) is 5.82 Å². The summed E-state index contributed by atoms with van der Waals surface area (Å²) in [7, 11) is 0. The van der Waals surface area contributed by atoms with Gasteiger partial charge in [0, 0.05) is 28.4 Å². The monoisotopic (exact) mass is 290 g/mol. The van der Waals surface area contributed by atoms with Gasteiger partial charge in [0.2, 0.25) is 5.91 Å². The van der Waals surface area contributed by atoms with Crippen molar-refractivity contribution in [2.24, 2.45) is 0 Å². The maximum atomic E-state index is 12.7. The van der Waals surface area contributed by atoms with Gasteiger partial charge in [-0.2, -0.15) is 0 Å². The molecule has 104 valence electrons. The number of hydrogen-bond donors (Lipinski definition) is 2. The SMILES string of the molecule is Nc1cccc(NC(=O)CCSc2ccc(F)cc2)c1. The fourth-order valence-corrected chi connectivity index (χ4v) is 2.48. The van der Waals surface area contributed by atoms with Gasteiger partial charge in [-0.15, -0.1) is 11.8 Å². The van der Waals surface area contributed by atoms with Gasteiger partial charge in [-0.3, -0.25) is 4.79 Å². The number of amides is 1. The quantitative estimate of drug-likeness (QED) is 0.654. The fourth-order valence-electron chi connectivity index (χ4n) is 1.63. The Morgan fingerprint density at radius 1 is 1.20 bits per heavy atom. The van der Waals surface area contributed by atoms with Crippen LogP contribution in [0.5, 0.6) is 0 Å². The Morgan fingerprint density at radius 2 is 1.95 bits per heavy atom. The van der Waals surface area contributed by atoms with Gasteiger partial charge in [-0.05, 0) is 42.5 Å². The van der Waals surface area contributed by atoms with Crippen LogP contribution in [0.25, 0.3) is 0 Å². The van der Waals surface area contributed by atoms with Crippen molar-refractivity contribution in [1.29, 1.82) is 0 Å². The molecule has 0 saturated heterocycles. The van der Waals surface area contributed by atoms with Gasteiger partial charge >= 0.3 is 0 Å². The number of carbonyl (C=O) groups is 1. The molecule has 2 aromatic carbocycles. The summed E-state index contributed by atoms with van der Waals surface area (Å²) < 4.78 is 12.7. The molecule has 0 aliphatic heterocycles. The topological polar surface area (TPSA) is 55.1 Å². The van der Waals surface area contributed by atoms with E-state index < -0.39 is 0 Å². The van der Waals surface area contributed by atoms with Crippen LogP contribution < -0.4 is 11.1 Å². The van der Waals surface area contributed by atoms with Gasteiger partial charge in [0.05, 0.1) is 0 Å². The molecule has 0 fully saturated rings. The summed E-state index contributed by atoms with van der Waals surface area (Å²) >= 11 is 1.52. The van der Waals surface area contributed by atoms with E-state index in [-0.39, 0.29) is 11.7 Å². The Balaban J connectivity index is 1.76. The van der Waals surface area contributed by atoms with E-state index in [1.807, 2.05) is 0 Å². The minimum atomic E-state index is -0.256. The maximum absolute atomic E-state index is 12.7. The number of halogens is 1. The Kier molecular flexibility index (Phi) is 5.01. The lowest BCUT2D eigenvalue weighted by Crippen LogP contribution is -2.12. The molecule has 1 amide bonds. The maximum Gasteiger partial charge on any atom is 0.225 e. The smallest absolute Gasteiger partial charge is 0.225 e. The molecule has 0 aromatic heterocycles. The molecule has 5 heteroatoms. The van der Waals surface area contributed by atoms with Crippen LogP contribution in [-0.2, 0) is 4.79 Å². The molecular formula is C15H15FN2OS. The Hall–Kier alpha value is -2.01. The number of carbonyl (C=O) groups excluding carboxylic acids is 1. The number of anilines is 2. The van der Waals surface area contributed by atoms with Gasteiger partial charge in [0.15, 0.2) is 0 Å². The predicted octanol–water partition coefficient (Wildman–Crippen LogP) is 3.53. The first-order chi connectivity index (χ1) is 9.63. The molecule has 0 radical (unpaired) electrons. The first-order valence-electron chi connectivity index (χ1n) is 6.17. The van der Waals surface area contributed by atoms with Crippen LogP contribution in [0.4, 0.5) is 15.8 Å². The molecule has 0 saturated carbocycles. The second kappa shape index (κ2) is 6.96. The van der Waals surface area contributed by atoms with E-state index in [1.54, 1.807) is 36.4 Å². The molecule has 0 unspecified atom stereocenters. The number of hydrogen-bond acceptors (Lipinski definition) is 3. The summed E-state index contributed by atoms with van der Waals surface area (Å²) in [5.41, 5.74) is 6.95. The third-order valence-corrected chi connectivity index (χ3v) is 3.60. The van der Waals surface area contributed by atoms with E-state index in [0.29, 0.717) is 23.5 Å². The van der Waals surface area contributed by atoms with Gasteiger partial charge in [0.1, 0.15) is 5.82 Å². The second-order valence-electron chi connectivity index (χ2n) is 4.23. The van der Waals surface area contributed by atoms with Crippen LogP contribution in [0.15, 0.2) is 53.4 Å². The largest absolute Gasteiger partial charge is 0.399 e. The average Bonchev–Trinajstić information content (AvgIpc) is 2.41. The first-order valence-corrected chi connectivity index (χ1v) is 7.16. The van der Waals surface area contributed by atoms with Crippen LogP contribution in [0.2, 0.25) is 0 Å². The summed E-state index contributed by atoms with van der Waals surface area (Å²) in [5.74, 6) is 0.318. The van der Waals surface area contributed by atoms with Gasteiger partial charge in [-0.1, -0.05) is 6.07 Å². The molecule has 0 aliphatic rings. The first kappa shape index (κ1) is 14.4. The Labute approximate surface area is 121 Å². The normalized spacial score (nSPS) is 10.2. The number of nitrogens with two attached hydrogens (primary N) is 1. The van der Waals surface area contributed by atoms with Gasteiger partial charge < -0.3 is 11.1 Å². The zero-order valence-corrected chi connectivity index (χ0v) is 11.6. The molecular weight excluding hydrogens is 275 g/mol. The predicted molar refractivity (Wildman–Crippen MR) is 81.2 cm³/mol. The minimum Gasteiger partial charge on any atom is -0.399 e. The number of thioether (sulfide) groups is 1. The highest BCUT2D eigenvalue weighted by Crippen LogP contribution is 2.19. The van der Waals surface area contributed by atoms with Crippen LogP contribution in [-0.4, -0.2) is 11.7 Å². The molecule has 0 heterocycles. The van der Waals surface area contributed by atoms with Crippen molar-refractivity contribution < 1.29 is 9.18 Å². The summed E-state index contributed by atoms with van der Waals surface area (Å²) in [4.78, 5) is 12.7. The van der Waals surface area contributed by atoms with Crippen molar-refractivity contribution in [3.05, 3.63) is 54.3 Å². The second-order valence-corrected chi connectivity index (χ2v) is 5.39.